The number of hydrogen-bond donors (Lipinski definition) is 3. The maximum absolute atomic E-state index is 12.5. The van der Waals surface area contributed by atoms with Crippen LogP contribution in [0, 0.1) is 6.92 Å². The van der Waals surface area contributed by atoms with E-state index in [1.165, 1.54) is 0 Å². The first kappa shape index (κ1) is 15.7. The van der Waals surface area contributed by atoms with E-state index >= 15 is 0 Å². The summed E-state index contributed by atoms with van der Waals surface area (Å²) < 4.78 is 29.5. The van der Waals surface area contributed by atoms with E-state index in [9.17, 15) is 8.42 Å². The van der Waals surface area contributed by atoms with E-state index < -0.39 is 10.0 Å². The number of aryl methyl sites for hydroxylation is 1. The maximum Gasteiger partial charge on any atom is 0.244 e. The van der Waals surface area contributed by atoms with Crippen molar-refractivity contribution in [2.45, 2.75) is 37.9 Å². The summed E-state index contributed by atoms with van der Waals surface area (Å²) >= 11 is 0. The molecule has 8 nitrogen and oxygen atoms in total. The van der Waals surface area contributed by atoms with Crippen molar-refractivity contribution >= 4 is 10.0 Å². The largest absolute Gasteiger partial charge is 0.336 e. The summed E-state index contributed by atoms with van der Waals surface area (Å²) in [6, 6.07) is -0.263. The average Bonchev–Trinajstić information content (AvgIpc) is 2.99. The van der Waals surface area contributed by atoms with E-state index in [2.05, 4.69) is 25.2 Å². The van der Waals surface area contributed by atoms with Gasteiger partial charge in [0.15, 0.2) is 0 Å². The zero-order chi connectivity index (χ0) is 15.5. The van der Waals surface area contributed by atoms with E-state index in [1.807, 2.05) is 11.5 Å². The fraction of sp³-hybridized carbons (Fsp3) is 0.500. The molecule has 0 aliphatic carbocycles. The highest BCUT2D eigenvalue weighted by atomic mass is 32.2. The lowest BCUT2D eigenvalue weighted by molar-refractivity contribution is 0.519. The third-order valence-electron chi connectivity index (χ3n) is 2.97. The normalized spacial score (nSPS) is 13.5. The zero-order valence-corrected chi connectivity index (χ0v) is 13.1. The van der Waals surface area contributed by atoms with Crippen molar-refractivity contribution in [3.63, 3.8) is 0 Å². The molecule has 0 aromatic carbocycles. The van der Waals surface area contributed by atoms with Crippen molar-refractivity contribution in [1.29, 1.82) is 0 Å². The molecule has 2 aromatic heterocycles. The topological polar surface area (TPSA) is 105 Å². The third kappa shape index (κ3) is 3.69. The number of nitrogens with one attached hydrogen (secondary N) is 3. The highest BCUT2D eigenvalue weighted by molar-refractivity contribution is 7.89. The lowest BCUT2D eigenvalue weighted by Gasteiger charge is -2.15. The van der Waals surface area contributed by atoms with Crippen molar-refractivity contribution in [2.75, 3.05) is 7.05 Å². The third-order valence-corrected chi connectivity index (χ3v) is 4.77. The molecule has 21 heavy (non-hydrogen) atoms. The summed E-state index contributed by atoms with van der Waals surface area (Å²) in [4.78, 5) is 4.15. The van der Waals surface area contributed by atoms with Gasteiger partial charge in [-0.2, -0.15) is 5.10 Å². The standard InChI is InChI=1S/C12H20N6O2S/c1-9(7-18-5-4-14-8-18)17-21(19,20)12-10(2)15-16-11(12)6-13-3/h4-5,8-9,13,17H,6-7H2,1-3H3,(H,15,16). The fourth-order valence-electron chi connectivity index (χ4n) is 2.19. The van der Waals surface area contributed by atoms with Crippen molar-refractivity contribution < 1.29 is 8.42 Å². The first-order chi connectivity index (χ1) is 9.94. The molecule has 0 saturated heterocycles. The highest BCUT2D eigenvalue weighted by Gasteiger charge is 2.25. The Hall–Kier alpha value is -1.71. The van der Waals surface area contributed by atoms with E-state index in [-0.39, 0.29) is 10.9 Å². The SMILES string of the molecule is CNCc1n[nH]c(C)c1S(=O)(=O)NC(C)Cn1ccnc1. The second-order valence-electron chi connectivity index (χ2n) is 4.94. The average molecular weight is 312 g/mol. The van der Waals surface area contributed by atoms with Gasteiger partial charge < -0.3 is 9.88 Å². The molecule has 2 heterocycles. The number of imidazole rings is 1. The molecule has 1 atom stereocenters. The molecule has 0 fully saturated rings. The molecule has 0 aliphatic heterocycles. The monoisotopic (exact) mass is 312 g/mol. The molecule has 3 N–H and O–H groups in total. The van der Waals surface area contributed by atoms with E-state index in [0.29, 0.717) is 24.5 Å². The molecule has 0 bridgehead atoms. The number of aromatic amines is 1. The number of sulfonamides is 1. The molecular weight excluding hydrogens is 292 g/mol. The lowest BCUT2D eigenvalue weighted by Crippen LogP contribution is -2.36. The number of H-pyrrole nitrogens is 1. The summed E-state index contributed by atoms with van der Waals surface area (Å²) in [7, 11) is -1.87. The smallest absolute Gasteiger partial charge is 0.244 e. The Labute approximate surface area is 124 Å². The van der Waals surface area contributed by atoms with Crippen molar-refractivity contribution in [3.8, 4) is 0 Å². The predicted molar refractivity (Wildman–Crippen MR) is 78.1 cm³/mol. The fourth-order valence-corrected chi connectivity index (χ4v) is 3.78. The lowest BCUT2D eigenvalue weighted by atomic mass is 10.3. The minimum atomic E-state index is -3.62. The molecule has 0 amide bonds. The minimum Gasteiger partial charge on any atom is -0.336 e. The van der Waals surface area contributed by atoms with Crippen LogP contribution in [-0.4, -0.2) is 41.3 Å². The second-order valence-corrected chi connectivity index (χ2v) is 6.59. The molecule has 0 radical (unpaired) electrons. The first-order valence-corrected chi connectivity index (χ1v) is 8.09. The van der Waals surface area contributed by atoms with Crippen LogP contribution in [0.25, 0.3) is 0 Å². The zero-order valence-electron chi connectivity index (χ0n) is 12.3. The van der Waals surface area contributed by atoms with Gasteiger partial charge in [0.2, 0.25) is 10.0 Å². The number of nitrogens with zero attached hydrogens (tertiary/aromatic N) is 3. The van der Waals surface area contributed by atoms with Crippen molar-refractivity contribution in [3.05, 3.63) is 30.1 Å². The van der Waals surface area contributed by atoms with Gasteiger partial charge in [-0.3, -0.25) is 5.10 Å². The van der Waals surface area contributed by atoms with Crippen LogP contribution in [0.3, 0.4) is 0 Å². The summed E-state index contributed by atoms with van der Waals surface area (Å²) in [6.07, 6.45) is 5.10. The van der Waals surface area contributed by atoms with Gasteiger partial charge >= 0.3 is 0 Å². The van der Waals surface area contributed by atoms with Crippen LogP contribution in [0.5, 0.6) is 0 Å². The maximum atomic E-state index is 12.5. The molecule has 0 spiro atoms. The van der Waals surface area contributed by atoms with Crippen molar-refractivity contribution in [1.82, 2.24) is 29.8 Å². The van der Waals surface area contributed by atoms with Gasteiger partial charge in [0, 0.05) is 31.5 Å². The molecule has 2 rings (SSSR count). The molecule has 0 saturated carbocycles. The van der Waals surface area contributed by atoms with Crippen LogP contribution < -0.4 is 10.0 Å². The van der Waals surface area contributed by atoms with Crippen LogP contribution in [0.15, 0.2) is 23.6 Å². The summed E-state index contributed by atoms with van der Waals surface area (Å²) in [5, 5.41) is 9.67. The Bertz CT molecular complexity index is 677. The van der Waals surface area contributed by atoms with Crippen molar-refractivity contribution in [2.24, 2.45) is 0 Å². The highest BCUT2D eigenvalue weighted by Crippen LogP contribution is 2.17. The van der Waals surface area contributed by atoms with Gasteiger partial charge in [0.1, 0.15) is 4.90 Å². The van der Waals surface area contributed by atoms with Crippen LogP contribution >= 0.6 is 0 Å². The second kappa shape index (κ2) is 6.37. The molecule has 1 unspecified atom stereocenters. The van der Waals surface area contributed by atoms with Gasteiger partial charge in [0.25, 0.3) is 0 Å². The van der Waals surface area contributed by atoms with Gasteiger partial charge in [0.05, 0.1) is 17.7 Å². The summed E-state index contributed by atoms with van der Waals surface area (Å²) in [5.74, 6) is 0. The van der Waals surface area contributed by atoms with E-state index in [1.54, 1.807) is 32.7 Å². The van der Waals surface area contributed by atoms with Gasteiger partial charge in [-0.05, 0) is 20.9 Å². The minimum absolute atomic E-state index is 0.217. The Balaban J connectivity index is 2.16. The van der Waals surface area contributed by atoms with Gasteiger partial charge in [-0.15, -0.1) is 0 Å². The quantitative estimate of drug-likeness (QED) is 0.667. The summed E-state index contributed by atoms with van der Waals surface area (Å²) in [6.45, 7) is 4.40. The van der Waals surface area contributed by atoms with E-state index in [0.717, 1.165) is 0 Å². The Morgan fingerprint density at radius 3 is 2.86 bits per heavy atom. The molecule has 0 aliphatic rings. The Morgan fingerprint density at radius 1 is 1.48 bits per heavy atom. The molecular formula is C12H20N6O2S. The van der Waals surface area contributed by atoms with Gasteiger partial charge in [-0.1, -0.05) is 0 Å². The Kier molecular flexibility index (Phi) is 4.76. The van der Waals surface area contributed by atoms with Crippen LogP contribution in [0.2, 0.25) is 0 Å². The number of hydrogen-bond acceptors (Lipinski definition) is 5. The Morgan fingerprint density at radius 2 is 2.24 bits per heavy atom. The summed E-state index contributed by atoms with van der Waals surface area (Å²) in [5.41, 5.74) is 1.01. The van der Waals surface area contributed by atoms with E-state index in [4.69, 9.17) is 0 Å². The predicted octanol–water partition coefficient (Wildman–Crippen LogP) is 0.00102. The number of aromatic nitrogens is 4. The molecule has 9 heteroatoms. The van der Waals surface area contributed by atoms with Gasteiger partial charge in [-0.25, -0.2) is 18.1 Å². The van der Waals surface area contributed by atoms with Crippen LogP contribution in [-0.2, 0) is 23.1 Å². The van der Waals surface area contributed by atoms with Crippen LogP contribution in [0.1, 0.15) is 18.3 Å². The number of rotatable bonds is 7. The molecule has 2 aromatic rings. The van der Waals surface area contributed by atoms with Crippen LogP contribution in [0.4, 0.5) is 0 Å². The first-order valence-electron chi connectivity index (χ1n) is 6.60. The molecule has 116 valence electrons.